The monoisotopic (exact) mass is 251 g/mol. The summed E-state index contributed by atoms with van der Waals surface area (Å²) in [7, 11) is 0. The van der Waals surface area contributed by atoms with E-state index in [2.05, 4.69) is 38.0 Å². The van der Waals surface area contributed by atoms with Crippen molar-refractivity contribution in [2.75, 3.05) is 6.54 Å². The molecule has 0 aromatic heterocycles. The average Bonchev–Trinajstić information content (AvgIpc) is 2.30. The molecule has 0 aromatic rings. The van der Waals surface area contributed by atoms with Crippen molar-refractivity contribution in [1.82, 2.24) is 5.32 Å². The first-order valence-electron chi connectivity index (χ1n) is 7.22. The van der Waals surface area contributed by atoms with Crippen molar-refractivity contribution in [2.24, 2.45) is 10.4 Å². The molecule has 0 aliphatic heterocycles. The standard InChI is InChI=1S/C15H29N3/c1-5-6-7-8-9-10-11-12-17-14(18-13-16)15(2,3)4/h5-12H2,1-4H3,(H,17,18). The van der Waals surface area contributed by atoms with Crippen LogP contribution in [-0.2, 0) is 0 Å². The number of rotatable bonds is 8. The number of nitriles is 1. The molecule has 0 heterocycles. The molecule has 0 rings (SSSR count). The molecule has 0 aliphatic rings. The van der Waals surface area contributed by atoms with Gasteiger partial charge in [-0.2, -0.15) is 5.26 Å². The topological polar surface area (TPSA) is 48.2 Å². The van der Waals surface area contributed by atoms with E-state index in [9.17, 15) is 0 Å². The Hall–Kier alpha value is -1.04. The van der Waals surface area contributed by atoms with Crippen molar-refractivity contribution >= 4 is 5.84 Å². The van der Waals surface area contributed by atoms with E-state index in [0.29, 0.717) is 0 Å². The maximum Gasteiger partial charge on any atom is 0.182 e. The maximum absolute atomic E-state index is 8.68. The summed E-state index contributed by atoms with van der Waals surface area (Å²) in [6.45, 7) is 9.28. The second kappa shape index (κ2) is 9.94. The fourth-order valence-corrected chi connectivity index (χ4v) is 1.78. The van der Waals surface area contributed by atoms with Gasteiger partial charge in [-0.05, 0) is 6.42 Å². The highest BCUT2D eigenvalue weighted by molar-refractivity contribution is 5.88. The van der Waals surface area contributed by atoms with Gasteiger partial charge in [-0.3, -0.25) is 10.3 Å². The van der Waals surface area contributed by atoms with E-state index in [1.54, 1.807) is 0 Å². The van der Waals surface area contributed by atoms with Crippen molar-refractivity contribution < 1.29 is 0 Å². The Kier molecular flexibility index (Phi) is 9.36. The summed E-state index contributed by atoms with van der Waals surface area (Å²) in [6, 6.07) is 0. The fraction of sp³-hybridized carbons (Fsp3) is 0.867. The largest absolute Gasteiger partial charge is 0.280 e. The highest BCUT2D eigenvalue weighted by atomic mass is 15.0. The van der Waals surface area contributed by atoms with Gasteiger partial charge in [0, 0.05) is 12.0 Å². The van der Waals surface area contributed by atoms with Gasteiger partial charge in [-0.25, -0.2) is 0 Å². The minimum atomic E-state index is -0.0726. The Bertz CT molecular complexity index is 268. The summed E-state index contributed by atoms with van der Waals surface area (Å²) in [4.78, 5) is 4.50. The molecule has 0 saturated heterocycles. The normalized spacial score (nSPS) is 12.3. The first-order valence-corrected chi connectivity index (χ1v) is 7.22. The minimum absolute atomic E-state index is 0.0726. The van der Waals surface area contributed by atoms with Gasteiger partial charge in [0.2, 0.25) is 0 Å². The number of nitrogens with zero attached hydrogens (tertiary/aromatic N) is 2. The summed E-state index contributed by atoms with van der Waals surface area (Å²) in [5.41, 5.74) is -0.0726. The van der Waals surface area contributed by atoms with E-state index in [0.717, 1.165) is 18.8 Å². The Balaban J connectivity index is 3.75. The van der Waals surface area contributed by atoms with Crippen LogP contribution < -0.4 is 5.32 Å². The Morgan fingerprint density at radius 3 is 2.11 bits per heavy atom. The lowest BCUT2D eigenvalue weighted by Crippen LogP contribution is -2.32. The van der Waals surface area contributed by atoms with Gasteiger partial charge in [-0.1, -0.05) is 66.2 Å². The van der Waals surface area contributed by atoms with Gasteiger partial charge in [0.25, 0.3) is 0 Å². The third kappa shape index (κ3) is 9.04. The van der Waals surface area contributed by atoms with E-state index < -0.39 is 0 Å². The molecular weight excluding hydrogens is 222 g/mol. The first-order chi connectivity index (χ1) is 8.52. The molecule has 0 spiro atoms. The minimum Gasteiger partial charge on any atom is -0.280 e. The third-order valence-corrected chi connectivity index (χ3v) is 2.92. The first kappa shape index (κ1) is 17.0. The highest BCUT2D eigenvalue weighted by Gasteiger charge is 2.18. The molecule has 3 heteroatoms. The Morgan fingerprint density at radius 1 is 1.06 bits per heavy atom. The van der Waals surface area contributed by atoms with Crippen LogP contribution in [0.25, 0.3) is 0 Å². The lowest BCUT2D eigenvalue weighted by molar-refractivity contribution is 0.565. The van der Waals surface area contributed by atoms with Gasteiger partial charge in [0.15, 0.2) is 6.19 Å². The summed E-state index contributed by atoms with van der Waals surface area (Å²) in [6.07, 6.45) is 11.0. The fourth-order valence-electron chi connectivity index (χ4n) is 1.78. The summed E-state index contributed by atoms with van der Waals surface area (Å²) >= 11 is 0. The molecule has 0 bridgehead atoms. The number of nitrogens with one attached hydrogen (secondary N) is 1. The van der Waals surface area contributed by atoms with E-state index in [4.69, 9.17) is 5.26 Å². The zero-order valence-corrected chi connectivity index (χ0v) is 12.6. The van der Waals surface area contributed by atoms with E-state index >= 15 is 0 Å². The average molecular weight is 251 g/mol. The molecule has 18 heavy (non-hydrogen) atoms. The van der Waals surface area contributed by atoms with Gasteiger partial charge in [-0.15, -0.1) is 0 Å². The van der Waals surface area contributed by atoms with Crippen molar-refractivity contribution in [2.45, 2.75) is 72.6 Å². The molecule has 3 nitrogen and oxygen atoms in total. The second-order valence-electron chi connectivity index (χ2n) is 5.84. The van der Waals surface area contributed by atoms with Crippen LogP contribution in [-0.4, -0.2) is 12.4 Å². The van der Waals surface area contributed by atoms with Gasteiger partial charge >= 0.3 is 0 Å². The number of unbranched alkanes of at least 4 members (excludes halogenated alkanes) is 6. The molecule has 0 aromatic carbocycles. The Morgan fingerprint density at radius 2 is 1.61 bits per heavy atom. The van der Waals surface area contributed by atoms with Crippen molar-refractivity contribution in [1.29, 1.82) is 5.26 Å². The summed E-state index contributed by atoms with van der Waals surface area (Å²) in [5, 5.41) is 11.4. The second-order valence-corrected chi connectivity index (χ2v) is 5.84. The molecular formula is C15H29N3. The Labute approximate surface area is 113 Å². The zero-order chi connectivity index (χ0) is 13.9. The lowest BCUT2D eigenvalue weighted by atomic mass is 9.95. The predicted octanol–water partition coefficient (Wildman–Crippen LogP) is 4.25. The van der Waals surface area contributed by atoms with Crippen molar-refractivity contribution in [3.8, 4) is 6.19 Å². The molecule has 0 fully saturated rings. The van der Waals surface area contributed by atoms with Crippen molar-refractivity contribution in [3.05, 3.63) is 0 Å². The number of hydrogen-bond donors (Lipinski definition) is 1. The van der Waals surface area contributed by atoms with Crippen LogP contribution >= 0.6 is 0 Å². The van der Waals surface area contributed by atoms with Crippen LogP contribution in [0.5, 0.6) is 0 Å². The highest BCUT2D eigenvalue weighted by Crippen LogP contribution is 2.14. The molecule has 0 saturated carbocycles. The van der Waals surface area contributed by atoms with Crippen LogP contribution in [0.4, 0.5) is 0 Å². The molecule has 1 N–H and O–H groups in total. The van der Waals surface area contributed by atoms with Crippen LogP contribution in [0.15, 0.2) is 4.99 Å². The van der Waals surface area contributed by atoms with Crippen molar-refractivity contribution in [3.63, 3.8) is 0 Å². The molecule has 0 unspecified atom stereocenters. The lowest BCUT2D eigenvalue weighted by Gasteiger charge is -2.19. The molecule has 0 aliphatic carbocycles. The third-order valence-electron chi connectivity index (χ3n) is 2.92. The maximum atomic E-state index is 8.68. The predicted molar refractivity (Wildman–Crippen MR) is 78.5 cm³/mol. The van der Waals surface area contributed by atoms with Crippen LogP contribution in [0.2, 0.25) is 0 Å². The molecule has 0 radical (unpaired) electrons. The SMILES string of the molecule is CCCCCCCCCN=C(NC#N)C(C)(C)C. The van der Waals surface area contributed by atoms with Crippen LogP contribution in [0.3, 0.4) is 0 Å². The van der Waals surface area contributed by atoms with Gasteiger partial charge < -0.3 is 0 Å². The molecule has 104 valence electrons. The van der Waals surface area contributed by atoms with Gasteiger partial charge in [0.1, 0.15) is 5.84 Å². The molecule has 0 amide bonds. The summed E-state index contributed by atoms with van der Waals surface area (Å²) < 4.78 is 0. The van der Waals surface area contributed by atoms with Gasteiger partial charge in [0.05, 0.1) is 0 Å². The number of hydrogen-bond acceptors (Lipinski definition) is 2. The van der Waals surface area contributed by atoms with Crippen LogP contribution in [0, 0.1) is 16.9 Å². The zero-order valence-electron chi connectivity index (χ0n) is 12.6. The molecule has 0 atom stereocenters. The number of amidine groups is 1. The van der Waals surface area contributed by atoms with Crippen LogP contribution in [0.1, 0.15) is 72.6 Å². The number of aliphatic imine (C=N–C) groups is 1. The smallest absolute Gasteiger partial charge is 0.182 e. The van der Waals surface area contributed by atoms with E-state index in [1.807, 2.05) is 6.19 Å². The van der Waals surface area contributed by atoms with E-state index in [-0.39, 0.29) is 5.41 Å². The van der Waals surface area contributed by atoms with E-state index in [1.165, 1.54) is 38.5 Å². The quantitative estimate of drug-likeness (QED) is 0.230. The summed E-state index contributed by atoms with van der Waals surface area (Å²) in [5.74, 6) is 0.802.